The summed E-state index contributed by atoms with van der Waals surface area (Å²) in [5.41, 5.74) is 3.94. The van der Waals surface area contributed by atoms with E-state index in [0.717, 1.165) is 22.2 Å². The molecule has 1 heterocycles. The van der Waals surface area contributed by atoms with E-state index < -0.39 is 0 Å². The van der Waals surface area contributed by atoms with E-state index in [4.69, 9.17) is 11.6 Å². The van der Waals surface area contributed by atoms with Gasteiger partial charge in [-0.25, -0.2) is 4.98 Å². The predicted octanol–water partition coefficient (Wildman–Crippen LogP) is 6.25. The number of para-hydroxylation sites is 1. The van der Waals surface area contributed by atoms with E-state index in [0.29, 0.717) is 21.4 Å². The van der Waals surface area contributed by atoms with Crippen LogP contribution in [0.3, 0.4) is 0 Å². The molecule has 2 amide bonds. The number of halogens is 1. The van der Waals surface area contributed by atoms with Crippen LogP contribution >= 0.6 is 22.9 Å². The van der Waals surface area contributed by atoms with E-state index in [-0.39, 0.29) is 23.7 Å². The molecule has 1 fully saturated rings. The van der Waals surface area contributed by atoms with Crippen LogP contribution in [0.15, 0.2) is 66.7 Å². The van der Waals surface area contributed by atoms with Crippen LogP contribution in [-0.4, -0.2) is 16.8 Å². The van der Waals surface area contributed by atoms with Crippen molar-refractivity contribution in [2.24, 2.45) is 5.92 Å². The molecule has 0 saturated heterocycles. The van der Waals surface area contributed by atoms with Gasteiger partial charge < -0.3 is 10.6 Å². The van der Waals surface area contributed by atoms with Gasteiger partial charge in [-0.15, -0.1) is 0 Å². The normalized spacial score (nSPS) is 17.2. The highest BCUT2D eigenvalue weighted by atomic mass is 35.5. The zero-order valence-corrected chi connectivity index (χ0v) is 18.8. The summed E-state index contributed by atoms with van der Waals surface area (Å²) in [7, 11) is 0. The Bertz CT molecular complexity index is 1320. The van der Waals surface area contributed by atoms with Crippen LogP contribution in [0.25, 0.3) is 10.2 Å². The van der Waals surface area contributed by atoms with Crippen LogP contribution < -0.4 is 10.6 Å². The standard InChI is InChI=1S/C25H20ClN3O2S/c1-14-6-5-9-19(26)22(14)28-23(30)16-10-11-20-21(12-16)32-25(27-20)29-24(31)18-13-17(18)15-7-3-2-4-8-15/h2-12,17-18H,13H2,1H3,(H,28,30)(H,27,29,31)/t17-,18+/m0/s1. The molecule has 7 heteroatoms. The molecule has 0 radical (unpaired) electrons. The van der Waals surface area contributed by atoms with Crippen molar-refractivity contribution in [2.45, 2.75) is 19.3 Å². The zero-order valence-electron chi connectivity index (χ0n) is 17.3. The summed E-state index contributed by atoms with van der Waals surface area (Å²) in [6, 6.07) is 20.9. The van der Waals surface area contributed by atoms with E-state index >= 15 is 0 Å². The lowest BCUT2D eigenvalue weighted by atomic mass is 10.1. The first-order valence-electron chi connectivity index (χ1n) is 10.3. The Morgan fingerprint density at radius 2 is 1.84 bits per heavy atom. The van der Waals surface area contributed by atoms with E-state index in [9.17, 15) is 9.59 Å². The maximum atomic E-state index is 12.8. The second-order valence-electron chi connectivity index (χ2n) is 7.94. The van der Waals surface area contributed by atoms with E-state index in [2.05, 4.69) is 27.8 Å². The first-order valence-corrected chi connectivity index (χ1v) is 11.5. The summed E-state index contributed by atoms with van der Waals surface area (Å²) < 4.78 is 0.833. The fourth-order valence-electron chi connectivity index (χ4n) is 3.85. The zero-order chi connectivity index (χ0) is 22.2. The smallest absolute Gasteiger partial charge is 0.255 e. The number of aromatic nitrogens is 1. The topological polar surface area (TPSA) is 71.1 Å². The summed E-state index contributed by atoms with van der Waals surface area (Å²) in [6.07, 6.45) is 0.854. The quantitative estimate of drug-likeness (QED) is 0.369. The summed E-state index contributed by atoms with van der Waals surface area (Å²) in [5, 5.41) is 6.87. The van der Waals surface area contributed by atoms with Crippen molar-refractivity contribution >= 4 is 55.8 Å². The highest BCUT2D eigenvalue weighted by Crippen LogP contribution is 2.48. The highest BCUT2D eigenvalue weighted by molar-refractivity contribution is 7.22. The van der Waals surface area contributed by atoms with Crippen LogP contribution in [0.4, 0.5) is 10.8 Å². The molecule has 1 saturated carbocycles. The third-order valence-corrected chi connectivity index (χ3v) is 6.94. The minimum atomic E-state index is -0.245. The van der Waals surface area contributed by atoms with Gasteiger partial charge in [-0.05, 0) is 54.7 Å². The molecular formula is C25H20ClN3O2S. The Morgan fingerprint density at radius 3 is 2.62 bits per heavy atom. The first kappa shape index (κ1) is 20.7. The summed E-state index contributed by atoms with van der Waals surface area (Å²) in [4.78, 5) is 29.9. The molecule has 160 valence electrons. The molecule has 1 aromatic heterocycles. The van der Waals surface area contributed by atoms with Crippen LogP contribution in [0.5, 0.6) is 0 Å². The van der Waals surface area contributed by atoms with Gasteiger partial charge in [0.2, 0.25) is 5.91 Å². The molecule has 32 heavy (non-hydrogen) atoms. The monoisotopic (exact) mass is 461 g/mol. The van der Waals surface area contributed by atoms with Gasteiger partial charge in [0.25, 0.3) is 5.91 Å². The third kappa shape index (κ3) is 4.11. The molecule has 3 aromatic carbocycles. The van der Waals surface area contributed by atoms with Crippen molar-refractivity contribution < 1.29 is 9.59 Å². The van der Waals surface area contributed by atoms with Crippen molar-refractivity contribution in [2.75, 3.05) is 10.6 Å². The highest BCUT2D eigenvalue weighted by Gasteiger charge is 2.44. The number of amides is 2. The number of nitrogens with zero attached hydrogens (tertiary/aromatic N) is 1. The maximum Gasteiger partial charge on any atom is 0.255 e. The number of carbonyl (C=O) groups is 2. The molecule has 4 aromatic rings. The van der Waals surface area contributed by atoms with Crippen LogP contribution in [0.2, 0.25) is 5.02 Å². The lowest BCUT2D eigenvalue weighted by molar-refractivity contribution is -0.117. The lowest BCUT2D eigenvalue weighted by Gasteiger charge is -2.10. The molecule has 0 spiro atoms. The van der Waals surface area contributed by atoms with Gasteiger partial charge in [-0.2, -0.15) is 0 Å². The average Bonchev–Trinajstić information content (AvgIpc) is 3.50. The van der Waals surface area contributed by atoms with Crippen LogP contribution in [0.1, 0.15) is 33.8 Å². The van der Waals surface area contributed by atoms with Gasteiger partial charge in [-0.1, -0.05) is 65.4 Å². The van der Waals surface area contributed by atoms with Crippen molar-refractivity contribution in [3.63, 3.8) is 0 Å². The second-order valence-corrected chi connectivity index (χ2v) is 9.37. The SMILES string of the molecule is Cc1cccc(Cl)c1NC(=O)c1ccc2nc(NC(=O)[C@@H]3C[C@H]3c3ccccc3)sc2c1. The number of thiazole rings is 1. The number of anilines is 2. The molecule has 0 bridgehead atoms. The van der Waals surface area contributed by atoms with Gasteiger partial charge in [0, 0.05) is 11.5 Å². The van der Waals surface area contributed by atoms with Crippen LogP contribution in [-0.2, 0) is 4.79 Å². The summed E-state index contributed by atoms with van der Waals surface area (Å²) >= 11 is 7.59. The van der Waals surface area contributed by atoms with E-state index in [1.54, 1.807) is 24.3 Å². The molecule has 1 aliphatic carbocycles. The number of benzene rings is 3. The van der Waals surface area contributed by atoms with Crippen molar-refractivity contribution in [3.05, 3.63) is 88.4 Å². The molecule has 1 aliphatic rings. The van der Waals surface area contributed by atoms with E-state index in [1.165, 1.54) is 16.9 Å². The van der Waals surface area contributed by atoms with Gasteiger partial charge in [0.1, 0.15) is 0 Å². The number of hydrogen-bond acceptors (Lipinski definition) is 4. The average molecular weight is 462 g/mol. The predicted molar refractivity (Wildman–Crippen MR) is 130 cm³/mol. The Kier molecular flexibility index (Phi) is 5.41. The second kappa shape index (κ2) is 8.37. The maximum absolute atomic E-state index is 12.8. The summed E-state index contributed by atoms with van der Waals surface area (Å²) in [6.45, 7) is 1.89. The number of hydrogen-bond donors (Lipinski definition) is 2. The molecule has 0 unspecified atom stereocenters. The van der Waals surface area contributed by atoms with Crippen molar-refractivity contribution in [3.8, 4) is 0 Å². The number of fused-ring (bicyclic) bond motifs is 1. The van der Waals surface area contributed by atoms with Crippen molar-refractivity contribution in [1.29, 1.82) is 0 Å². The Morgan fingerprint density at radius 1 is 1.03 bits per heavy atom. The largest absolute Gasteiger partial charge is 0.320 e. The van der Waals surface area contributed by atoms with Crippen molar-refractivity contribution in [1.82, 2.24) is 4.98 Å². The molecule has 2 N–H and O–H groups in total. The first-order chi connectivity index (χ1) is 15.5. The Balaban J connectivity index is 1.29. The molecule has 2 atom stereocenters. The fraction of sp³-hybridized carbons (Fsp3) is 0.160. The number of nitrogens with one attached hydrogen (secondary N) is 2. The Labute approximate surface area is 194 Å². The van der Waals surface area contributed by atoms with E-state index in [1.807, 2.05) is 37.3 Å². The minimum Gasteiger partial charge on any atom is -0.320 e. The summed E-state index contributed by atoms with van der Waals surface area (Å²) in [5.74, 6) is -0.00500. The molecule has 5 nitrogen and oxygen atoms in total. The van der Waals surface area contributed by atoms with Gasteiger partial charge in [-0.3, -0.25) is 9.59 Å². The fourth-order valence-corrected chi connectivity index (χ4v) is 5.02. The minimum absolute atomic E-state index is 0.00919. The van der Waals surface area contributed by atoms with Crippen LogP contribution in [0, 0.1) is 12.8 Å². The molecule has 0 aliphatic heterocycles. The number of rotatable bonds is 5. The number of carbonyl (C=O) groups excluding carboxylic acids is 2. The van der Waals surface area contributed by atoms with Gasteiger partial charge in [0.05, 0.1) is 20.9 Å². The van der Waals surface area contributed by atoms with Gasteiger partial charge >= 0.3 is 0 Å². The molecule has 5 rings (SSSR count). The number of aryl methyl sites for hydroxylation is 1. The lowest BCUT2D eigenvalue weighted by Crippen LogP contribution is -2.14. The Hall–Kier alpha value is -3.22. The molecular weight excluding hydrogens is 442 g/mol. The van der Waals surface area contributed by atoms with Gasteiger partial charge in [0.15, 0.2) is 5.13 Å². The third-order valence-electron chi connectivity index (χ3n) is 5.70.